The number of anilines is 1. The van der Waals surface area contributed by atoms with Gasteiger partial charge in [0.25, 0.3) is 5.91 Å². The first kappa shape index (κ1) is 17.6. The van der Waals surface area contributed by atoms with Gasteiger partial charge in [0.05, 0.1) is 11.3 Å². The second-order valence-electron chi connectivity index (χ2n) is 6.05. The van der Waals surface area contributed by atoms with Crippen molar-refractivity contribution in [1.29, 1.82) is 0 Å². The van der Waals surface area contributed by atoms with Crippen LogP contribution in [0.4, 0.5) is 10.1 Å². The summed E-state index contributed by atoms with van der Waals surface area (Å²) in [6, 6.07) is 15.9. The lowest BCUT2D eigenvalue weighted by Crippen LogP contribution is -2.23. The molecule has 2 aromatic carbocycles. The highest BCUT2D eigenvalue weighted by atomic mass is 19.1. The highest BCUT2D eigenvalue weighted by Crippen LogP contribution is 2.13. The van der Waals surface area contributed by atoms with Crippen molar-refractivity contribution in [3.05, 3.63) is 95.1 Å². The fourth-order valence-electron chi connectivity index (χ4n) is 2.55. The summed E-state index contributed by atoms with van der Waals surface area (Å²) in [5.41, 5.74) is 4.49. The van der Waals surface area contributed by atoms with Crippen molar-refractivity contribution >= 4 is 11.6 Å². The van der Waals surface area contributed by atoms with Crippen LogP contribution in [0.5, 0.6) is 0 Å². The third kappa shape index (κ3) is 4.66. The van der Waals surface area contributed by atoms with Crippen LogP contribution >= 0.6 is 0 Å². The first-order valence-corrected chi connectivity index (χ1v) is 8.38. The van der Waals surface area contributed by atoms with Crippen LogP contribution < -0.4 is 10.6 Å². The maximum absolute atomic E-state index is 12.9. The Balaban J connectivity index is 1.60. The number of pyridine rings is 1. The molecule has 0 saturated carbocycles. The topological polar surface area (TPSA) is 54.0 Å². The van der Waals surface area contributed by atoms with Crippen LogP contribution in [0.15, 0.2) is 67.0 Å². The van der Waals surface area contributed by atoms with Gasteiger partial charge in [-0.1, -0.05) is 36.4 Å². The normalized spacial score (nSPS) is 10.4. The number of halogens is 1. The maximum Gasteiger partial charge on any atom is 0.253 e. The number of hydrogen-bond acceptors (Lipinski definition) is 3. The number of hydrogen-bond donors (Lipinski definition) is 2. The standard InChI is InChI=1S/C21H20FN3O/c1-15-4-2-3-5-17(15)13-24-20-10-18(12-23-14-20)21(26)25-11-16-6-8-19(22)9-7-16/h2-10,12,14,24H,11,13H2,1H3,(H,25,26). The molecule has 0 aliphatic rings. The van der Waals surface area contributed by atoms with E-state index in [0.29, 0.717) is 18.7 Å². The Labute approximate surface area is 152 Å². The van der Waals surface area contributed by atoms with Crippen LogP contribution in [-0.2, 0) is 13.1 Å². The molecule has 0 bridgehead atoms. The molecule has 0 radical (unpaired) electrons. The van der Waals surface area contributed by atoms with Gasteiger partial charge in [-0.25, -0.2) is 4.39 Å². The Hall–Kier alpha value is -3.21. The van der Waals surface area contributed by atoms with E-state index in [1.165, 1.54) is 29.5 Å². The van der Waals surface area contributed by atoms with Crippen molar-refractivity contribution in [3.63, 3.8) is 0 Å². The number of nitrogens with zero attached hydrogens (tertiary/aromatic N) is 1. The van der Waals surface area contributed by atoms with Crippen LogP contribution in [0.2, 0.25) is 0 Å². The SMILES string of the molecule is Cc1ccccc1CNc1cncc(C(=O)NCc2ccc(F)cc2)c1. The molecule has 0 atom stereocenters. The summed E-state index contributed by atoms with van der Waals surface area (Å²) in [7, 11) is 0. The average molecular weight is 349 g/mol. The van der Waals surface area contributed by atoms with Gasteiger partial charge in [0, 0.05) is 25.5 Å². The molecule has 1 heterocycles. The molecule has 0 aliphatic carbocycles. The van der Waals surface area contributed by atoms with Gasteiger partial charge in [-0.3, -0.25) is 9.78 Å². The summed E-state index contributed by atoms with van der Waals surface area (Å²) in [5, 5.41) is 6.11. The molecule has 0 unspecified atom stereocenters. The number of amides is 1. The Bertz CT molecular complexity index is 894. The molecule has 3 aromatic rings. The zero-order valence-corrected chi connectivity index (χ0v) is 14.5. The van der Waals surface area contributed by atoms with Crippen molar-refractivity contribution < 1.29 is 9.18 Å². The van der Waals surface area contributed by atoms with Gasteiger partial charge < -0.3 is 10.6 Å². The molecule has 1 aromatic heterocycles. The van der Waals surface area contributed by atoms with E-state index in [1.807, 2.05) is 12.1 Å². The zero-order valence-electron chi connectivity index (χ0n) is 14.5. The number of carbonyl (C=O) groups excluding carboxylic acids is 1. The van der Waals surface area contributed by atoms with E-state index in [1.54, 1.807) is 24.4 Å². The predicted octanol–water partition coefficient (Wildman–Crippen LogP) is 4.07. The van der Waals surface area contributed by atoms with Crippen LogP contribution in [0.25, 0.3) is 0 Å². The Morgan fingerprint density at radius 1 is 1.04 bits per heavy atom. The molecule has 0 spiro atoms. The molecule has 132 valence electrons. The zero-order chi connectivity index (χ0) is 18.4. The van der Waals surface area contributed by atoms with Gasteiger partial charge in [0.2, 0.25) is 0 Å². The molecule has 5 heteroatoms. The van der Waals surface area contributed by atoms with E-state index in [-0.39, 0.29) is 11.7 Å². The van der Waals surface area contributed by atoms with Gasteiger partial charge in [-0.15, -0.1) is 0 Å². The molecule has 1 amide bonds. The lowest BCUT2D eigenvalue weighted by Gasteiger charge is -2.10. The molecule has 26 heavy (non-hydrogen) atoms. The minimum absolute atomic E-state index is 0.221. The van der Waals surface area contributed by atoms with Crippen LogP contribution in [-0.4, -0.2) is 10.9 Å². The summed E-state index contributed by atoms with van der Waals surface area (Å²) in [4.78, 5) is 16.4. The molecular formula is C21H20FN3O. The summed E-state index contributed by atoms with van der Waals surface area (Å²) >= 11 is 0. The average Bonchev–Trinajstić information content (AvgIpc) is 2.67. The van der Waals surface area contributed by atoms with Crippen molar-refractivity contribution in [3.8, 4) is 0 Å². The van der Waals surface area contributed by atoms with Crippen molar-refractivity contribution in [2.45, 2.75) is 20.0 Å². The summed E-state index contributed by atoms with van der Waals surface area (Å²) in [6.07, 6.45) is 3.22. The van der Waals surface area contributed by atoms with E-state index in [2.05, 4.69) is 34.7 Å². The number of nitrogens with one attached hydrogen (secondary N) is 2. The van der Waals surface area contributed by atoms with Crippen LogP contribution in [0.1, 0.15) is 27.0 Å². The van der Waals surface area contributed by atoms with E-state index < -0.39 is 0 Å². The molecule has 0 aliphatic heterocycles. The van der Waals surface area contributed by atoms with Gasteiger partial charge in [-0.2, -0.15) is 0 Å². The first-order valence-electron chi connectivity index (χ1n) is 8.38. The summed E-state index contributed by atoms with van der Waals surface area (Å²) in [6.45, 7) is 3.06. The van der Waals surface area contributed by atoms with Gasteiger partial charge >= 0.3 is 0 Å². The van der Waals surface area contributed by atoms with E-state index >= 15 is 0 Å². The molecule has 3 rings (SSSR count). The lowest BCUT2D eigenvalue weighted by molar-refractivity contribution is 0.0950. The maximum atomic E-state index is 12.9. The highest BCUT2D eigenvalue weighted by molar-refractivity contribution is 5.94. The first-order chi connectivity index (χ1) is 12.6. The minimum Gasteiger partial charge on any atom is -0.380 e. The fourth-order valence-corrected chi connectivity index (χ4v) is 2.55. The molecule has 0 fully saturated rings. The molecule has 0 saturated heterocycles. The Morgan fingerprint density at radius 2 is 1.81 bits per heavy atom. The van der Waals surface area contributed by atoms with Crippen LogP contribution in [0.3, 0.4) is 0 Å². The fraction of sp³-hybridized carbons (Fsp3) is 0.143. The number of aromatic nitrogens is 1. The number of rotatable bonds is 6. The summed E-state index contributed by atoms with van der Waals surface area (Å²) < 4.78 is 12.9. The second kappa shape index (κ2) is 8.25. The van der Waals surface area contributed by atoms with Crippen molar-refractivity contribution in [2.75, 3.05) is 5.32 Å². The summed E-state index contributed by atoms with van der Waals surface area (Å²) in [5.74, 6) is -0.516. The molecule has 2 N–H and O–H groups in total. The van der Waals surface area contributed by atoms with E-state index in [0.717, 1.165) is 11.3 Å². The van der Waals surface area contributed by atoms with Crippen LogP contribution in [0, 0.1) is 12.7 Å². The highest BCUT2D eigenvalue weighted by Gasteiger charge is 2.07. The quantitative estimate of drug-likeness (QED) is 0.705. The van der Waals surface area contributed by atoms with Gasteiger partial charge in [0.1, 0.15) is 5.82 Å². The van der Waals surface area contributed by atoms with E-state index in [9.17, 15) is 9.18 Å². The predicted molar refractivity (Wildman–Crippen MR) is 100 cm³/mol. The van der Waals surface area contributed by atoms with Crippen molar-refractivity contribution in [2.24, 2.45) is 0 Å². The number of carbonyl (C=O) groups is 1. The van der Waals surface area contributed by atoms with Gasteiger partial charge in [-0.05, 0) is 41.8 Å². The monoisotopic (exact) mass is 349 g/mol. The largest absolute Gasteiger partial charge is 0.380 e. The van der Waals surface area contributed by atoms with E-state index in [4.69, 9.17) is 0 Å². The second-order valence-corrected chi connectivity index (χ2v) is 6.05. The minimum atomic E-state index is -0.295. The van der Waals surface area contributed by atoms with Crippen molar-refractivity contribution in [1.82, 2.24) is 10.3 Å². The van der Waals surface area contributed by atoms with Gasteiger partial charge in [0.15, 0.2) is 0 Å². The molecule has 4 nitrogen and oxygen atoms in total. The third-order valence-electron chi connectivity index (χ3n) is 4.11. The number of aryl methyl sites for hydroxylation is 1. The number of benzene rings is 2. The Kier molecular flexibility index (Phi) is 5.59. The third-order valence-corrected chi connectivity index (χ3v) is 4.11. The Morgan fingerprint density at radius 3 is 2.58 bits per heavy atom. The lowest BCUT2D eigenvalue weighted by atomic mass is 10.1. The smallest absolute Gasteiger partial charge is 0.253 e. The molecular weight excluding hydrogens is 329 g/mol.